The van der Waals surface area contributed by atoms with Gasteiger partial charge in [-0.2, -0.15) is 13.2 Å². The molecule has 0 aliphatic heterocycles. The van der Waals surface area contributed by atoms with E-state index in [0.29, 0.717) is 12.5 Å². The molecular formula is C13H16ClF3N2O. The number of rotatable bonds is 4. The quantitative estimate of drug-likeness (QED) is 0.893. The van der Waals surface area contributed by atoms with E-state index in [4.69, 9.17) is 11.6 Å². The minimum atomic E-state index is -4.44. The first-order valence-electron chi connectivity index (χ1n) is 6.49. The van der Waals surface area contributed by atoms with Gasteiger partial charge in [-0.05, 0) is 30.7 Å². The zero-order valence-corrected chi connectivity index (χ0v) is 11.5. The number of aliphatic hydroxyl groups is 1. The van der Waals surface area contributed by atoms with Crippen LogP contribution >= 0.6 is 11.6 Å². The van der Waals surface area contributed by atoms with Gasteiger partial charge in [-0.1, -0.05) is 18.0 Å². The SMILES string of the molecule is OCC1CCCC1CNc1ncc(C(F)(F)F)cc1Cl. The third-order valence-electron chi connectivity index (χ3n) is 3.75. The van der Waals surface area contributed by atoms with Crippen molar-refractivity contribution in [3.8, 4) is 0 Å². The number of hydrogen-bond acceptors (Lipinski definition) is 3. The molecule has 0 saturated heterocycles. The fourth-order valence-corrected chi connectivity index (χ4v) is 2.81. The zero-order chi connectivity index (χ0) is 14.8. The van der Waals surface area contributed by atoms with Crippen LogP contribution in [0.25, 0.3) is 0 Å². The lowest BCUT2D eigenvalue weighted by Gasteiger charge is -2.18. The Hall–Kier alpha value is -1.01. The highest BCUT2D eigenvalue weighted by atomic mass is 35.5. The molecule has 1 saturated carbocycles. The Morgan fingerprint density at radius 3 is 2.65 bits per heavy atom. The van der Waals surface area contributed by atoms with Gasteiger partial charge < -0.3 is 10.4 Å². The lowest BCUT2D eigenvalue weighted by Crippen LogP contribution is -2.21. The standard InChI is InChI=1S/C13H16ClF3N2O/c14-11-4-10(13(15,16)17)6-19-12(11)18-5-8-2-1-3-9(8)7-20/h4,6,8-9,20H,1-3,5,7H2,(H,18,19). The fraction of sp³-hybridized carbons (Fsp3) is 0.615. The number of hydrogen-bond donors (Lipinski definition) is 2. The van der Waals surface area contributed by atoms with E-state index in [0.717, 1.165) is 31.5 Å². The van der Waals surface area contributed by atoms with Crippen molar-refractivity contribution >= 4 is 17.4 Å². The monoisotopic (exact) mass is 308 g/mol. The Morgan fingerprint density at radius 2 is 2.05 bits per heavy atom. The molecule has 2 rings (SSSR count). The van der Waals surface area contributed by atoms with E-state index < -0.39 is 11.7 Å². The van der Waals surface area contributed by atoms with Crippen molar-refractivity contribution < 1.29 is 18.3 Å². The summed E-state index contributed by atoms with van der Waals surface area (Å²) in [4.78, 5) is 3.73. The summed E-state index contributed by atoms with van der Waals surface area (Å²) in [6.45, 7) is 0.698. The molecule has 1 aliphatic carbocycles. The van der Waals surface area contributed by atoms with Gasteiger partial charge in [-0.15, -0.1) is 0 Å². The summed E-state index contributed by atoms with van der Waals surface area (Å²) >= 11 is 5.82. The summed E-state index contributed by atoms with van der Waals surface area (Å²) in [6.07, 6.45) is -0.631. The lowest BCUT2D eigenvalue weighted by molar-refractivity contribution is -0.137. The van der Waals surface area contributed by atoms with Crippen LogP contribution in [0, 0.1) is 11.8 Å². The second kappa shape index (κ2) is 6.18. The maximum atomic E-state index is 12.5. The average molecular weight is 309 g/mol. The fourth-order valence-electron chi connectivity index (χ4n) is 2.57. The van der Waals surface area contributed by atoms with Crippen molar-refractivity contribution in [2.75, 3.05) is 18.5 Å². The molecule has 20 heavy (non-hydrogen) atoms. The van der Waals surface area contributed by atoms with E-state index >= 15 is 0 Å². The van der Waals surface area contributed by atoms with Crippen molar-refractivity contribution in [2.24, 2.45) is 11.8 Å². The maximum Gasteiger partial charge on any atom is 0.417 e. The van der Waals surface area contributed by atoms with E-state index in [9.17, 15) is 18.3 Å². The molecule has 0 aromatic carbocycles. The van der Waals surface area contributed by atoms with Gasteiger partial charge in [0.2, 0.25) is 0 Å². The van der Waals surface area contributed by atoms with Crippen molar-refractivity contribution in [2.45, 2.75) is 25.4 Å². The topological polar surface area (TPSA) is 45.1 Å². The summed E-state index contributed by atoms with van der Waals surface area (Å²) in [5.41, 5.74) is -0.859. The van der Waals surface area contributed by atoms with Gasteiger partial charge in [-0.3, -0.25) is 0 Å². The van der Waals surface area contributed by atoms with E-state index in [2.05, 4.69) is 10.3 Å². The second-order valence-electron chi connectivity index (χ2n) is 5.07. The first-order valence-corrected chi connectivity index (χ1v) is 6.87. The Bertz CT molecular complexity index is 467. The van der Waals surface area contributed by atoms with Crippen LogP contribution in [0.2, 0.25) is 5.02 Å². The van der Waals surface area contributed by atoms with Gasteiger partial charge in [0.05, 0.1) is 10.6 Å². The highest BCUT2D eigenvalue weighted by Gasteiger charge is 2.32. The average Bonchev–Trinajstić information content (AvgIpc) is 2.83. The van der Waals surface area contributed by atoms with Gasteiger partial charge in [-0.25, -0.2) is 4.98 Å². The van der Waals surface area contributed by atoms with Crippen molar-refractivity contribution in [3.63, 3.8) is 0 Å². The Balaban J connectivity index is 2.00. The molecule has 112 valence electrons. The second-order valence-corrected chi connectivity index (χ2v) is 5.47. The van der Waals surface area contributed by atoms with Gasteiger partial charge in [0, 0.05) is 19.3 Å². The molecule has 1 aliphatic rings. The number of anilines is 1. The lowest BCUT2D eigenvalue weighted by atomic mass is 9.97. The van der Waals surface area contributed by atoms with Crippen LogP contribution < -0.4 is 5.32 Å². The van der Waals surface area contributed by atoms with Crippen LogP contribution in [-0.4, -0.2) is 23.2 Å². The molecule has 0 bridgehead atoms. The van der Waals surface area contributed by atoms with E-state index in [1.165, 1.54) is 0 Å². The molecule has 2 atom stereocenters. The van der Waals surface area contributed by atoms with Gasteiger partial charge in [0.1, 0.15) is 5.82 Å². The van der Waals surface area contributed by atoms with Crippen LogP contribution in [0.4, 0.5) is 19.0 Å². The first kappa shape index (κ1) is 15.4. The highest BCUT2D eigenvalue weighted by molar-refractivity contribution is 6.32. The zero-order valence-electron chi connectivity index (χ0n) is 10.8. The Labute approximate surface area is 120 Å². The Kier molecular flexibility index (Phi) is 4.75. The highest BCUT2D eigenvalue weighted by Crippen LogP contribution is 2.34. The minimum absolute atomic E-state index is 0.0432. The minimum Gasteiger partial charge on any atom is -0.396 e. The largest absolute Gasteiger partial charge is 0.417 e. The number of nitrogens with zero attached hydrogens (tertiary/aromatic N) is 1. The van der Waals surface area contributed by atoms with Crippen LogP contribution in [0.3, 0.4) is 0 Å². The van der Waals surface area contributed by atoms with Crippen molar-refractivity contribution in [1.29, 1.82) is 0 Å². The number of halogens is 4. The molecule has 0 radical (unpaired) electrons. The van der Waals surface area contributed by atoms with Crippen molar-refractivity contribution in [3.05, 3.63) is 22.8 Å². The maximum absolute atomic E-state index is 12.5. The summed E-state index contributed by atoms with van der Waals surface area (Å²) in [7, 11) is 0. The normalized spacial score (nSPS) is 23.1. The molecule has 3 nitrogen and oxygen atoms in total. The van der Waals surface area contributed by atoms with E-state index in [1.54, 1.807) is 0 Å². The number of alkyl halides is 3. The van der Waals surface area contributed by atoms with Crippen LogP contribution in [0.1, 0.15) is 24.8 Å². The van der Waals surface area contributed by atoms with Crippen LogP contribution in [0.15, 0.2) is 12.3 Å². The predicted octanol–water partition coefficient (Wildman–Crippen LogP) is 3.57. The molecule has 1 fully saturated rings. The van der Waals surface area contributed by atoms with Gasteiger partial charge in [0.15, 0.2) is 0 Å². The van der Waals surface area contributed by atoms with Crippen LogP contribution in [-0.2, 0) is 6.18 Å². The van der Waals surface area contributed by atoms with E-state index in [-0.39, 0.29) is 23.4 Å². The third-order valence-corrected chi connectivity index (χ3v) is 4.04. The molecule has 1 aromatic rings. The third kappa shape index (κ3) is 3.55. The van der Waals surface area contributed by atoms with Crippen molar-refractivity contribution in [1.82, 2.24) is 4.98 Å². The molecule has 0 amide bonds. The smallest absolute Gasteiger partial charge is 0.396 e. The molecule has 7 heteroatoms. The molecule has 0 spiro atoms. The number of nitrogens with one attached hydrogen (secondary N) is 1. The summed E-state index contributed by atoms with van der Waals surface area (Å²) in [5.74, 6) is 0.805. The summed E-state index contributed by atoms with van der Waals surface area (Å²) in [5, 5.41) is 12.2. The Morgan fingerprint density at radius 1 is 1.35 bits per heavy atom. The van der Waals surface area contributed by atoms with Gasteiger partial charge >= 0.3 is 6.18 Å². The molecule has 1 aromatic heterocycles. The van der Waals surface area contributed by atoms with E-state index in [1.807, 2.05) is 0 Å². The summed E-state index contributed by atoms with van der Waals surface area (Å²) < 4.78 is 37.4. The molecule has 2 unspecified atom stereocenters. The predicted molar refractivity (Wildman–Crippen MR) is 70.7 cm³/mol. The van der Waals surface area contributed by atoms with Crippen LogP contribution in [0.5, 0.6) is 0 Å². The molecule has 1 heterocycles. The molecular weight excluding hydrogens is 293 g/mol. The number of aromatic nitrogens is 1. The number of aliphatic hydroxyl groups excluding tert-OH is 1. The van der Waals surface area contributed by atoms with Gasteiger partial charge in [0.25, 0.3) is 0 Å². The molecule has 2 N–H and O–H groups in total. The first-order chi connectivity index (χ1) is 9.41. The number of pyridine rings is 1. The summed E-state index contributed by atoms with van der Waals surface area (Å²) in [6, 6.07) is 0.870.